The van der Waals surface area contributed by atoms with E-state index in [2.05, 4.69) is 56.6 Å². The van der Waals surface area contributed by atoms with E-state index in [0.29, 0.717) is 0 Å². The normalized spacial score (nSPS) is 11.2. The summed E-state index contributed by atoms with van der Waals surface area (Å²) >= 11 is 0. The third kappa shape index (κ3) is 2.35. The summed E-state index contributed by atoms with van der Waals surface area (Å²) < 4.78 is 9.39. The first-order chi connectivity index (χ1) is 12.4. The molecule has 3 heterocycles. The summed E-state index contributed by atoms with van der Waals surface area (Å²) in [6.45, 7) is 0. The predicted octanol–water partition coefficient (Wildman–Crippen LogP) is 5.08. The lowest BCUT2D eigenvalue weighted by molar-refractivity contribution is 0.568. The van der Waals surface area contributed by atoms with Gasteiger partial charge in [-0.2, -0.15) is 0 Å². The van der Waals surface area contributed by atoms with Crippen LogP contribution >= 0.6 is 0 Å². The number of hydrogen-bond acceptors (Lipinski definition) is 2. The van der Waals surface area contributed by atoms with Crippen LogP contribution in [0.25, 0.3) is 33.5 Å². The second-order valence-corrected chi connectivity index (χ2v) is 5.94. The molecule has 0 saturated heterocycles. The van der Waals surface area contributed by atoms with Crippen molar-refractivity contribution in [2.75, 3.05) is 0 Å². The molecular formula is C21H15N3O. The highest BCUT2D eigenvalue weighted by Gasteiger charge is 2.08. The summed E-state index contributed by atoms with van der Waals surface area (Å²) in [5.74, 6) is 0. The van der Waals surface area contributed by atoms with Gasteiger partial charge in [-0.1, -0.05) is 12.1 Å². The molecule has 5 aromatic rings. The van der Waals surface area contributed by atoms with Crippen LogP contribution in [0.5, 0.6) is 0 Å². The summed E-state index contributed by atoms with van der Waals surface area (Å²) in [5, 5.41) is 0. The molecule has 0 saturated carbocycles. The van der Waals surface area contributed by atoms with Gasteiger partial charge in [-0.15, -0.1) is 0 Å². The summed E-state index contributed by atoms with van der Waals surface area (Å²) in [6.07, 6.45) is 9.40. The molecule has 3 aromatic heterocycles. The second kappa shape index (κ2) is 5.53. The van der Waals surface area contributed by atoms with E-state index in [9.17, 15) is 0 Å². The van der Waals surface area contributed by atoms with Gasteiger partial charge in [0.15, 0.2) is 0 Å². The van der Waals surface area contributed by atoms with Gasteiger partial charge in [-0.3, -0.25) is 4.57 Å². The SMILES string of the molecule is c1cc(-n2cccc2)cc(-n2cnc3cc(-c4ccoc4)ccc32)c1. The predicted molar refractivity (Wildman–Crippen MR) is 98.1 cm³/mol. The van der Waals surface area contributed by atoms with Crippen molar-refractivity contribution in [1.29, 1.82) is 0 Å². The average molecular weight is 325 g/mol. The monoisotopic (exact) mass is 325 g/mol. The van der Waals surface area contributed by atoms with Crippen molar-refractivity contribution in [3.63, 3.8) is 0 Å². The van der Waals surface area contributed by atoms with Crippen LogP contribution in [0.1, 0.15) is 0 Å². The van der Waals surface area contributed by atoms with Gasteiger partial charge in [-0.25, -0.2) is 4.98 Å². The Labute approximate surface area is 144 Å². The molecule has 0 bridgehead atoms. The number of aromatic nitrogens is 3. The molecule has 0 fully saturated rings. The minimum Gasteiger partial charge on any atom is -0.472 e. The van der Waals surface area contributed by atoms with Gasteiger partial charge in [0.1, 0.15) is 6.33 Å². The maximum Gasteiger partial charge on any atom is 0.100 e. The minimum atomic E-state index is 0.963. The van der Waals surface area contributed by atoms with Crippen molar-refractivity contribution in [3.05, 3.63) is 91.9 Å². The molecule has 4 heteroatoms. The van der Waals surface area contributed by atoms with Crippen LogP contribution in [0.4, 0.5) is 0 Å². The Morgan fingerprint density at radius 3 is 2.52 bits per heavy atom. The lowest BCUT2D eigenvalue weighted by atomic mass is 10.1. The molecule has 0 amide bonds. The van der Waals surface area contributed by atoms with Crippen LogP contribution in [0.15, 0.2) is 96.3 Å². The third-order valence-corrected chi connectivity index (χ3v) is 4.41. The topological polar surface area (TPSA) is 35.9 Å². The lowest BCUT2D eigenvalue weighted by Gasteiger charge is -2.08. The van der Waals surface area contributed by atoms with Crippen LogP contribution in [-0.4, -0.2) is 14.1 Å². The van der Waals surface area contributed by atoms with Gasteiger partial charge < -0.3 is 8.98 Å². The second-order valence-electron chi connectivity index (χ2n) is 5.94. The largest absolute Gasteiger partial charge is 0.472 e. The van der Waals surface area contributed by atoms with Crippen LogP contribution in [0.2, 0.25) is 0 Å². The highest BCUT2D eigenvalue weighted by molar-refractivity contribution is 5.83. The molecule has 2 aromatic carbocycles. The number of rotatable bonds is 3. The first-order valence-electron chi connectivity index (χ1n) is 8.12. The summed E-state index contributed by atoms with van der Waals surface area (Å²) in [4.78, 5) is 4.58. The minimum absolute atomic E-state index is 0.963. The first-order valence-corrected chi connectivity index (χ1v) is 8.12. The molecule has 4 nitrogen and oxygen atoms in total. The van der Waals surface area contributed by atoms with E-state index in [1.165, 1.54) is 0 Å². The standard InChI is InChI=1S/C21H15N3O/c1-2-10-23(9-1)18-4-3-5-19(13-18)24-15-22-20-12-16(6-7-21(20)24)17-8-11-25-14-17/h1-15H. The Morgan fingerprint density at radius 1 is 0.800 bits per heavy atom. The molecule has 0 radical (unpaired) electrons. The maximum atomic E-state index is 5.18. The van der Waals surface area contributed by atoms with E-state index in [4.69, 9.17) is 4.42 Å². The zero-order chi connectivity index (χ0) is 16.6. The Morgan fingerprint density at radius 2 is 1.68 bits per heavy atom. The molecule has 25 heavy (non-hydrogen) atoms. The fourth-order valence-corrected chi connectivity index (χ4v) is 3.14. The third-order valence-electron chi connectivity index (χ3n) is 4.41. The number of benzene rings is 2. The molecule has 120 valence electrons. The molecule has 0 spiro atoms. The number of imidazole rings is 1. The van der Waals surface area contributed by atoms with Crippen molar-refractivity contribution in [2.24, 2.45) is 0 Å². The van der Waals surface area contributed by atoms with E-state index >= 15 is 0 Å². The van der Waals surface area contributed by atoms with Gasteiger partial charge in [0.05, 0.1) is 23.6 Å². The van der Waals surface area contributed by atoms with Crippen LogP contribution in [-0.2, 0) is 0 Å². The number of fused-ring (bicyclic) bond motifs is 1. The Balaban J connectivity index is 1.61. The van der Waals surface area contributed by atoms with Gasteiger partial charge in [-0.05, 0) is 54.1 Å². The van der Waals surface area contributed by atoms with Crippen LogP contribution in [0, 0.1) is 0 Å². The zero-order valence-corrected chi connectivity index (χ0v) is 13.4. The molecule has 0 N–H and O–H groups in total. The van der Waals surface area contributed by atoms with Crippen LogP contribution < -0.4 is 0 Å². The zero-order valence-electron chi connectivity index (χ0n) is 13.4. The van der Waals surface area contributed by atoms with E-state index in [-0.39, 0.29) is 0 Å². The summed E-state index contributed by atoms with van der Waals surface area (Å²) in [5.41, 5.74) is 6.42. The molecule has 0 aliphatic rings. The van der Waals surface area contributed by atoms with Crippen molar-refractivity contribution < 1.29 is 4.42 Å². The molecule has 0 atom stereocenters. The van der Waals surface area contributed by atoms with E-state index in [1.54, 1.807) is 12.5 Å². The van der Waals surface area contributed by atoms with Crippen molar-refractivity contribution in [1.82, 2.24) is 14.1 Å². The highest BCUT2D eigenvalue weighted by atomic mass is 16.3. The molecule has 0 aliphatic carbocycles. The quantitative estimate of drug-likeness (QED) is 0.464. The first kappa shape index (κ1) is 13.9. The van der Waals surface area contributed by atoms with Gasteiger partial charge in [0.2, 0.25) is 0 Å². The Hall–Kier alpha value is -3.53. The van der Waals surface area contributed by atoms with Crippen molar-refractivity contribution in [3.8, 4) is 22.5 Å². The van der Waals surface area contributed by atoms with Gasteiger partial charge >= 0.3 is 0 Å². The maximum absolute atomic E-state index is 5.18. The molecule has 5 rings (SSSR count). The Kier molecular flexibility index (Phi) is 3.07. The van der Waals surface area contributed by atoms with E-state index < -0.39 is 0 Å². The summed E-state index contributed by atoms with van der Waals surface area (Å²) in [7, 11) is 0. The van der Waals surface area contributed by atoms with Crippen LogP contribution in [0.3, 0.4) is 0 Å². The van der Waals surface area contributed by atoms with Gasteiger partial charge in [0.25, 0.3) is 0 Å². The molecule has 0 unspecified atom stereocenters. The van der Waals surface area contributed by atoms with E-state index in [1.807, 2.05) is 36.9 Å². The molecular weight excluding hydrogens is 310 g/mol. The van der Waals surface area contributed by atoms with Crippen molar-refractivity contribution >= 4 is 11.0 Å². The fraction of sp³-hybridized carbons (Fsp3) is 0. The van der Waals surface area contributed by atoms with E-state index in [0.717, 1.165) is 33.5 Å². The average Bonchev–Trinajstić information content (AvgIpc) is 3.42. The smallest absolute Gasteiger partial charge is 0.100 e. The lowest BCUT2D eigenvalue weighted by Crippen LogP contribution is -1.95. The molecule has 0 aliphatic heterocycles. The van der Waals surface area contributed by atoms with Gasteiger partial charge in [0, 0.05) is 29.3 Å². The number of furan rings is 1. The fourth-order valence-electron chi connectivity index (χ4n) is 3.14. The van der Waals surface area contributed by atoms with Crippen molar-refractivity contribution in [2.45, 2.75) is 0 Å². The number of hydrogen-bond donors (Lipinski definition) is 0. The summed E-state index contributed by atoms with van der Waals surface area (Å²) in [6, 6.07) is 20.7. The number of nitrogens with zero attached hydrogens (tertiary/aromatic N) is 3. The Bertz CT molecular complexity index is 1140. The highest BCUT2D eigenvalue weighted by Crippen LogP contribution is 2.26.